The van der Waals surface area contributed by atoms with Crippen LogP contribution in [0.5, 0.6) is 5.75 Å². The Morgan fingerprint density at radius 3 is 2.92 bits per heavy atom. The summed E-state index contributed by atoms with van der Waals surface area (Å²) in [4.78, 5) is 12.8. The molecule has 0 radical (unpaired) electrons. The minimum Gasteiger partial charge on any atom is -0.486 e. The summed E-state index contributed by atoms with van der Waals surface area (Å²) < 4.78 is 7.54. The summed E-state index contributed by atoms with van der Waals surface area (Å²) in [6, 6.07) is 9.23. The van der Waals surface area contributed by atoms with E-state index < -0.39 is 0 Å². The highest BCUT2D eigenvalue weighted by Crippen LogP contribution is 2.26. The van der Waals surface area contributed by atoms with Crippen LogP contribution in [0.3, 0.4) is 0 Å². The smallest absolute Gasteiger partial charge is 0.138 e. The van der Waals surface area contributed by atoms with Crippen molar-refractivity contribution in [2.45, 2.75) is 6.61 Å². The summed E-state index contributed by atoms with van der Waals surface area (Å²) in [6.07, 6.45) is 7.13. The summed E-state index contributed by atoms with van der Waals surface area (Å²) in [7, 11) is 1.88. The molecule has 0 saturated heterocycles. The Morgan fingerprint density at radius 1 is 1.16 bits per heavy atom. The topological polar surface area (TPSA) is 65.7 Å². The normalized spacial score (nSPS) is 11.0. The lowest BCUT2D eigenvalue weighted by Gasteiger charge is -2.06. The van der Waals surface area contributed by atoms with Gasteiger partial charge in [0, 0.05) is 36.8 Å². The van der Waals surface area contributed by atoms with E-state index in [0.29, 0.717) is 17.5 Å². The maximum Gasteiger partial charge on any atom is 0.138 e. The largest absolute Gasteiger partial charge is 0.486 e. The molecule has 0 bridgehead atoms. The fourth-order valence-electron chi connectivity index (χ4n) is 2.60. The SMILES string of the molecule is Cn1cc(-c2cnc3ccc(Cl)nc3c2)c(COc2cccnc2)n1. The zero-order valence-electron chi connectivity index (χ0n) is 13.4. The van der Waals surface area contributed by atoms with E-state index in [1.54, 1.807) is 23.1 Å². The van der Waals surface area contributed by atoms with E-state index in [4.69, 9.17) is 16.3 Å². The van der Waals surface area contributed by atoms with Gasteiger partial charge in [-0.2, -0.15) is 5.10 Å². The van der Waals surface area contributed by atoms with Gasteiger partial charge in [-0.15, -0.1) is 0 Å². The van der Waals surface area contributed by atoms with Crippen LogP contribution < -0.4 is 4.74 Å². The Morgan fingerprint density at radius 2 is 2.08 bits per heavy atom. The molecule has 6 nitrogen and oxygen atoms in total. The molecule has 0 saturated carbocycles. The number of fused-ring (bicyclic) bond motifs is 1. The van der Waals surface area contributed by atoms with Gasteiger partial charge in [-0.05, 0) is 30.3 Å². The number of nitrogens with zero attached hydrogens (tertiary/aromatic N) is 5. The minimum absolute atomic E-state index is 0.336. The molecule has 0 aliphatic heterocycles. The Labute approximate surface area is 149 Å². The average Bonchev–Trinajstić information content (AvgIpc) is 3.01. The third-order valence-electron chi connectivity index (χ3n) is 3.73. The molecule has 0 unspecified atom stereocenters. The van der Waals surface area contributed by atoms with Crippen molar-refractivity contribution in [2.24, 2.45) is 7.05 Å². The van der Waals surface area contributed by atoms with Gasteiger partial charge in [-0.1, -0.05) is 11.6 Å². The van der Waals surface area contributed by atoms with Crippen molar-refractivity contribution in [1.29, 1.82) is 0 Å². The molecule has 0 amide bonds. The lowest BCUT2D eigenvalue weighted by atomic mass is 10.1. The molecule has 0 aromatic carbocycles. The molecule has 4 rings (SSSR count). The standard InChI is InChI=1S/C18H14ClN5O/c1-24-10-14(17(23-24)11-25-13-3-2-6-20-9-13)12-7-16-15(21-8-12)4-5-18(19)22-16/h2-10H,11H2,1H3. The Balaban J connectivity index is 1.68. The maximum atomic E-state index is 5.99. The van der Waals surface area contributed by atoms with Crippen molar-refractivity contribution >= 4 is 22.6 Å². The predicted octanol–water partition coefficient (Wildman–Crippen LogP) is 3.66. The first-order valence-corrected chi connectivity index (χ1v) is 8.05. The van der Waals surface area contributed by atoms with Crippen LogP contribution >= 0.6 is 11.6 Å². The summed E-state index contributed by atoms with van der Waals surface area (Å²) in [5.41, 5.74) is 4.22. The number of ether oxygens (including phenoxy) is 1. The average molecular weight is 352 g/mol. The summed E-state index contributed by atoms with van der Waals surface area (Å²) in [5, 5.41) is 4.94. The summed E-state index contributed by atoms with van der Waals surface area (Å²) >= 11 is 5.99. The molecular formula is C18H14ClN5O. The zero-order chi connectivity index (χ0) is 17.2. The van der Waals surface area contributed by atoms with E-state index in [1.165, 1.54) is 0 Å². The van der Waals surface area contributed by atoms with Crippen LogP contribution in [0.2, 0.25) is 5.15 Å². The fourth-order valence-corrected chi connectivity index (χ4v) is 2.75. The minimum atomic E-state index is 0.336. The summed E-state index contributed by atoms with van der Waals surface area (Å²) in [5.74, 6) is 0.698. The monoisotopic (exact) mass is 351 g/mol. The van der Waals surface area contributed by atoms with Crippen LogP contribution in [0.1, 0.15) is 5.69 Å². The van der Waals surface area contributed by atoms with Crippen LogP contribution in [0.25, 0.3) is 22.2 Å². The molecule has 0 spiro atoms. The molecule has 4 aromatic heterocycles. The molecule has 25 heavy (non-hydrogen) atoms. The lowest BCUT2D eigenvalue weighted by Crippen LogP contribution is -1.99. The maximum absolute atomic E-state index is 5.99. The Bertz CT molecular complexity index is 1030. The van der Waals surface area contributed by atoms with Crippen LogP contribution in [-0.2, 0) is 13.7 Å². The predicted molar refractivity (Wildman–Crippen MR) is 95.3 cm³/mol. The number of hydrogen-bond acceptors (Lipinski definition) is 5. The number of hydrogen-bond donors (Lipinski definition) is 0. The van der Waals surface area contributed by atoms with E-state index in [1.807, 2.05) is 43.7 Å². The quantitative estimate of drug-likeness (QED) is 0.525. The fraction of sp³-hybridized carbons (Fsp3) is 0.111. The van der Waals surface area contributed by atoms with Gasteiger partial charge in [0.15, 0.2) is 0 Å². The van der Waals surface area contributed by atoms with Gasteiger partial charge < -0.3 is 4.74 Å². The van der Waals surface area contributed by atoms with Crippen molar-refractivity contribution in [3.63, 3.8) is 0 Å². The first-order valence-electron chi connectivity index (χ1n) is 7.67. The van der Waals surface area contributed by atoms with Crippen LogP contribution in [0, 0.1) is 0 Å². The molecule has 4 heterocycles. The van der Waals surface area contributed by atoms with Gasteiger partial charge in [-0.3, -0.25) is 14.6 Å². The molecule has 0 aliphatic rings. The number of pyridine rings is 3. The molecule has 4 aromatic rings. The van der Waals surface area contributed by atoms with Crippen molar-refractivity contribution in [3.8, 4) is 16.9 Å². The first-order chi connectivity index (χ1) is 12.2. The van der Waals surface area contributed by atoms with Crippen LogP contribution in [-0.4, -0.2) is 24.7 Å². The molecule has 0 fully saturated rings. The first kappa shape index (κ1) is 15.5. The van der Waals surface area contributed by atoms with Gasteiger partial charge in [0.1, 0.15) is 23.2 Å². The van der Waals surface area contributed by atoms with Crippen molar-refractivity contribution in [3.05, 3.63) is 66.0 Å². The van der Waals surface area contributed by atoms with Gasteiger partial charge >= 0.3 is 0 Å². The van der Waals surface area contributed by atoms with Gasteiger partial charge in [0.25, 0.3) is 0 Å². The molecule has 0 aliphatic carbocycles. The number of aromatic nitrogens is 5. The number of halogens is 1. The van der Waals surface area contributed by atoms with Gasteiger partial charge in [-0.25, -0.2) is 4.98 Å². The van der Waals surface area contributed by atoms with Crippen LogP contribution in [0.4, 0.5) is 0 Å². The van der Waals surface area contributed by atoms with Crippen LogP contribution in [0.15, 0.2) is 55.1 Å². The van der Waals surface area contributed by atoms with E-state index >= 15 is 0 Å². The zero-order valence-corrected chi connectivity index (χ0v) is 14.2. The van der Waals surface area contributed by atoms with Gasteiger partial charge in [0.2, 0.25) is 0 Å². The van der Waals surface area contributed by atoms with Crippen molar-refractivity contribution in [1.82, 2.24) is 24.7 Å². The van der Waals surface area contributed by atoms with Gasteiger partial charge in [0.05, 0.1) is 17.2 Å². The Kier molecular flexibility index (Phi) is 4.03. The third kappa shape index (κ3) is 3.29. The highest BCUT2D eigenvalue weighted by molar-refractivity contribution is 6.29. The van der Waals surface area contributed by atoms with E-state index in [-0.39, 0.29) is 0 Å². The highest BCUT2D eigenvalue weighted by Gasteiger charge is 2.12. The second kappa shape index (κ2) is 6.49. The third-order valence-corrected chi connectivity index (χ3v) is 3.94. The molecule has 0 N–H and O–H groups in total. The summed E-state index contributed by atoms with van der Waals surface area (Å²) in [6.45, 7) is 0.336. The van der Waals surface area contributed by atoms with E-state index in [9.17, 15) is 0 Å². The second-order valence-electron chi connectivity index (χ2n) is 5.54. The highest BCUT2D eigenvalue weighted by atomic mass is 35.5. The Hall–Kier alpha value is -2.99. The van der Waals surface area contributed by atoms with E-state index in [2.05, 4.69) is 20.1 Å². The lowest BCUT2D eigenvalue weighted by molar-refractivity contribution is 0.299. The molecule has 7 heteroatoms. The molecular weight excluding hydrogens is 338 g/mol. The second-order valence-corrected chi connectivity index (χ2v) is 5.92. The molecule has 124 valence electrons. The van der Waals surface area contributed by atoms with E-state index in [0.717, 1.165) is 27.9 Å². The van der Waals surface area contributed by atoms with Crippen molar-refractivity contribution in [2.75, 3.05) is 0 Å². The number of rotatable bonds is 4. The molecule has 0 atom stereocenters. The number of aryl methyl sites for hydroxylation is 1. The van der Waals surface area contributed by atoms with Crippen molar-refractivity contribution < 1.29 is 4.74 Å².